The predicted octanol–water partition coefficient (Wildman–Crippen LogP) is 3.33. The van der Waals surface area contributed by atoms with Gasteiger partial charge in [0.2, 0.25) is 0 Å². The Labute approximate surface area is 208 Å². The van der Waals surface area contributed by atoms with Crippen molar-refractivity contribution in [2.75, 3.05) is 13.1 Å². The highest BCUT2D eigenvalue weighted by Crippen LogP contribution is 2.24. The maximum atomic E-state index is 12.9. The summed E-state index contributed by atoms with van der Waals surface area (Å²) in [5.74, 6) is 0.251. The summed E-state index contributed by atoms with van der Waals surface area (Å²) < 4.78 is 31.7. The Hall–Kier alpha value is -2.98. The molecule has 0 bridgehead atoms. The van der Waals surface area contributed by atoms with Crippen LogP contribution >= 0.6 is 11.6 Å². The number of aromatic nitrogens is 3. The molecule has 0 spiro atoms. The van der Waals surface area contributed by atoms with E-state index in [1.165, 1.54) is 4.31 Å². The van der Waals surface area contributed by atoms with Crippen LogP contribution in [0.1, 0.15) is 23.2 Å². The van der Waals surface area contributed by atoms with Gasteiger partial charge in [-0.05, 0) is 54.2 Å². The Kier molecular flexibility index (Phi) is 6.75. The Morgan fingerprint density at radius 3 is 2.69 bits per heavy atom. The molecule has 8 nitrogen and oxygen atoms in total. The molecule has 1 aliphatic rings. The molecule has 1 aliphatic heterocycles. The number of hydrogen-bond acceptors (Lipinski definition) is 4. The van der Waals surface area contributed by atoms with Gasteiger partial charge in [0, 0.05) is 35.8 Å². The Balaban J connectivity index is 1.16. The first-order valence-electron chi connectivity index (χ1n) is 11.5. The number of pyridine rings is 1. The van der Waals surface area contributed by atoms with Gasteiger partial charge in [-0.3, -0.25) is 9.89 Å². The number of benzene rings is 2. The molecule has 1 unspecified atom stereocenters. The second kappa shape index (κ2) is 9.94. The lowest BCUT2D eigenvalue weighted by atomic mass is 9.98. The number of hydrogen-bond donors (Lipinski definition) is 2. The third kappa shape index (κ3) is 5.48. The van der Waals surface area contributed by atoms with Crippen molar-refractivity contribution in [1.82, 2.24) is 23.8 Å². The zero-order chi connectivity index (χ0) is 24.4. The van der Waals surface area contributed by atoms with Gasteiger partial charge in [0.25, 0.3) is 15.8 Å². The fourth-order valence-corrected chi connectivity index (χ4v) is 5.94. The molecule has 1 atom stereocenters. The highest BCUT2D eigenvalue weighted by molar-refractivity contribution is 7.87. The first-order chi connectivity index (χ1) is 16.9. The van der Waals surface area contributed by atoms with Crippen LogP contribution in [0.15, 0.2) is 71.7 Å². The summed E-state index contributed by atoms with van der Waals surface area (Å²) in [6, 6.07) is 18.6. The third-order valence-electron chi connectivity index (χ3n) is 6.41. The first kappa shape index (κ1) is 23.7. The van der Waals surface area contributed by atoms with Crippen molar-refractivity contribution in [3.63, 3.8) is 0 Å². The van der Waals surface area contributed by atoms with Crippen LogP contribution in [0.2, 0.25) is 5.02 Å². The molecule has 35 heavy (non-hydrogen) atoms. The molecule has 10 heteroatoms. The van der Waals surface area contributed by atoms with Crippen molar-refractivity contribution in [2.45, 2.75) is 25.9 Å². The molecule has 1 saturated heterocycles. The van der Waals surface area contributed by atoms with E-state index >= 15 is 0 Å². The second-order valence-electron chi connectivity index (χ2n) is 8.89. The van der Waals surface area contributed by atoms with E-state index in [-0.39, 0.29) is 18.0 Å². The topological polar surface area (TPSA) is 100 Å². The van der Waals surface area contributed by atoms with Gasteiger partial charge in [-0.15, -0.1) is 0 Å². The van der Waals surface area contributed by atoms with Gasteiger partial charge in [0.15, 0.2) is 0 Å². The quantitative estimate of drug-likeness (QED) is 0.379. The number of nitrogens with one attached hydrogen (secondary N) is 2. The minimum absolute atomic E-state index is 0.0260. The number of fused-ring (bicyclic) bond motifs is 1. The molecular formula is C25H26ClN5O3S. The summed E-state index contributed by atoms with van der Waals surface area (Å²) in [4.78, 5) is 11.9. The SMILES string of the molecule is O=c1ccccn1Cc1ccc(CC2CCN(S(=O)(=O)NCc3[nH]nc4ccc(Cl)cc34)C2)cc1. The Morgan fingerprint density at radius 1 is 1.09 bits per heavy atom. The molecule has 4 aromatic rings. The van der Waals surface area contributed by atoms with E-state index < -0.39 is 10.2 Å². The predicted molar refractivity (Wildman–Crippen MR) is 136 cm³/mol. The van der Waals surface area contributed by atoms with Crippen LogP contribution in [0.3, 0.4) is 0 Å². The smallest absolute Gasteiger partial charge is 0.279 e. The Bertz CT molecular complexity index is 1500. The van der Waals surface area contributed by atoms with E-state index in [4.69, 9.17) is 11.6 Å². The normalized spacial score (nSPS) is 16.8. The summed E-state index contributed by atoms with van der Waals surface area (Å²) in [5.41, 5.74) is 3.61. The van der Waals surface area contributed by atoms with E-state index in [0.717, 1.165) is 34.9 Å². The van der Waals surface area contributed by atoms with Crippen molar-refractivity contribution in [1.29, 1.82) is 0 Å². The third-order valence-corrected chi connectivity index (χ3v) is 8.17. The summed E-state index contributed by atoms with van der Waals surface area (Å²) in [6.45, 7) is 1.61. The standard InChI is InChI=1S/C25H26ClN5O3S/c26-21-8-9-23-22(14-21)24(29-28-23)15-27-35(33,34)31-12-10-20(17-31)13-18-4-6-19(7-5-18)16-30-11-2-1-3-25(30)32/h1-9,11,14,20,27H,10,12-13,15-17H2,(H,28,29). The summed E-state index contributed by atoms with van der Waals surface area (Å²) in [5, 5.41) is 8.48. The summed E-state index contributed by atoms with van der Waals surface area (Å²) in [7, 11) is -3.62. The number of nitrogens with zero attached hydrogens (tertiary/aromatic N) is 3. The molecular weight excluding hydrogens is 486 g/mol. The zero-order valence-electron chi connectivity index (χ0n) is 19.0. The minimum atomic E-state index is -3.62. The van der Waals surface area contributed by atoms with Gasteiger partial charge >= 0.3 is 0 Å². The van der Waals surface area contributed by atoms with Crippen LogP contribution < -0.4 is 10.3 Å². The van der Waals surface area contributed by atoms with Gasteiger partial charge < -0.3 is 4.57 Å². The van der Waals surface area contributed by atoms with E-state index in [1.54, 1.807) is 41.1 Å². The summed E-state index contributed by atoms with van der Waals surface area (Å²) >= 11 is 6.07. The maximum Gasteiger partial charge on any atom is 0.279 e. The largest absolute Gasteiger partial charge is 0.311 e. The molecule has 0 aliphatic carbocycles. The van der Waals surface area contributed by atoms with Crippen LogP contribution in [-0.4, -0.2) is 40.6 Å². The van der Waals surface area contributed by atoms with E-state index in [9.17, 15) is 13.2 Å². The van der Waals surface area contributed by atoms with Gasteiger partial charge in [-0.2, -0.15) is 22.5 Å². The fraction of sp³-hybridized carbons (Fsp3) is 0.280. The second-order valence-corrected chi connectivity index (χ2v) is 11.1. The highest BCUT2D eigenvalue weighted by atomic mass is 35.5. The van der Waals surface area contributed by atoms with Crippen molar-refractivity contribution in [3.8, 4) is 0 Å². The van der Waals surface area contributed by atoms with Gasteiger partial charge in [0.05, 0.1) is 24.3 Å². The monoisotopic (exact) mass is 511 g/mol. The van der Waals surface area contributed by atoms with Crippen LogP contribution in [0, 0.1) is 5.92 Å². The number of aromatic amines is 1. The molecule has 2 aromatic carbocycles. The lowest BCUT2D eigenvalue weighted by molar-refractivity contribution is 0.445. The van der Waals surface area contributed by atoms with Crippen molar-refractivity contribution < 1.29 is 8.42 Å². The number of halogens is 1. The number of H-pyrrole nitrogens is 1. The van der Waals surface area contributed by atoms with Crippen LogP contribution in [0.5, 0.6) is 0 Å². The van der Waals surface area contributed by atoms with E-state index in [1.807, 2.05) is 18.2 Å². The summed E-state index contributed by atoms with van der Waals surface area (Å²) in [6.07, 6.45) is 3.40. The van der Waals surface area contributed by atoms with Crippen molar-refractivity contribution >= 4 is 32.7 Å². The van der Waals surface area contributed by atoms with E-state index in [0.29, 0.717) is 30.4 Å². The van der Waals surface area contributed by atoms with Gasteiger partial charge in [-0.1, -0.05) is 41.9 Å². The van der Waals surface area contributed by atoms with Gasteiger partial charge in [-0.25, -0.2) is 0 Å². The van der Waals surface area contributed by atoms with Crippen molar-refractivity contribution in [3.05, 3.63) is 99.1 Å². The van der Waals surface area contributed by atoms with Crippen molar-refractivity contribution in [2.24, 2.45) is 5.92 Å². The van der Waals surface area contributed by atoms with E-state index in [2.05, 4.69) is 27.1 Å². The molecule has 2 N–H and O–H groups in total. The minimum Gasteiger partial charge on any atom is -0.311 e. The van der Waals surface area contributed by atoms with Crippen LogP contribution in [0.4, 0.5) is 0 Å². The lowest BCUT2D eigenvalue weighted by Crippen LogP contribution is -2.39. The molecule has 5 rings (SSSR count). The first-order valence-corrected chi connectivity index (χ1v) is 13.3. The molecule has 0 saturated carbocycles. The molecule has 0 amide bonds. The maximum absolute atomic E-state index is 12.9. The van der Waals surface area contributed by atoms with Gasteiger partial charge in [0.1, 0.15) is 0 Å². The average Bonchev–Trinajstić information content (AvgIpc) is 3.48. The Morgan fingerprint density at radius 2 is 1.89 bits per heavy atom. The molecule has 3 heterocycles. The fourth-order valence-electron chi connectivity index (χ4n) is 4.51. The average molecular weight is 512 g/mol. The highest BCUT2D eigenvalue weighted by Gasteiger charge is 2.31. The molecule has 2 aromatic heterocycles. The molecule has 182 valence electrons. The number of rotatable bonds is 8. The zero-order valence-corrected chi connectivity index (χ0v) is 20.6. The van der Waals surface area contributed by atoms with Crippen LogP contribution in [-0.2, 0) is 29.7 Å². The lowest BCUT2D eigenvalue weighted by Gasteiger charge is -2.17. The molecule has 0 radical (unpaired) electrons. The molecule has 1 fully saturated rings. The van der Waals surface area contributed by atoms with Crippen LogP contribution in [0.25, 0.3) is 10.9 Å².